The van der Waals surface area contributed by atoms with Gasteiger partial charge in [0.05, 0.1) is 31.1 Å². The third-order valence-electron chi connectivity index (χ3n) is 3.14. The SMILES string of the molecule is CCCC(N)c1cn(Cc2ccccc2OCC)nn1. The number of benzene rings is 1. The number of hydrogen-bond donors (Lipinski definition) is 1. The Labute approximate surface area is 119 Å². The van der Waals surface area contributed by atoms with Crippen LogP contribution in [0.3, 0.4) is 0 Å². The van der Waals surface area contributed by atoms with Crippen LogP contribution >= 0.6 is 0 Å². The van der Waals surface area contributed by atoms with Crippen LogP contribution in [0.15, 0.2) is 30.5 Å². The van der Waals surface area contributed by atoms with Crippen LogP contribution in [0.1, 0.15) is 44.0 Å². The van der Waals surface area contributed by atoms with Gasteiger partial charge in [0.2, 0.25) is 0 Å². The molecule has 2 aromatic rings. The highest BCUT2D eigenvalue weighted by Crippen LogP contribution is 2.19. The molecule has 0 amide bonds. The second-order valence-corrected chi connectivity index (χ2v) is 4.78. The average Bonchev–Trinajstić information content (AvgIpc) is 2.90. The van der Waals surface area contributed by atoms with Gasteiger partial charge in [0, 0.05) is 5.56 Å². The molecule has 0 aliphatic rings. The van der Waals surface area contributed by atoms with E-state index in [1.165, 1.54) is 0 Å². The van der Waals surface area contributed by atoms with Crippen LogP contribution in [0.4, 0.5) is 0 Å². The Morgan fingerprint density at radius 3 is 2.85 bits per heavy atom. The molecule has 0 aliphatic carbocycles. The number of ether oxygens (including phenoxy) is 1. The number of nitrogens with two attached hydrogens (primary N) is 1. The van der Waals surface area contributed by atoms with Gasteiger partial charge in [-0.25, -0.2) is 4.68 Å². The first-order chi connectivity index (χ1) is 9.74. The van der Waals surface area contributed by atoms with Gasteiger partial charge in [0.25, 0.3) is 0 Å². The zero-order valence-electron chi connectivity index (χ0n) is 12.1. The summed E-state index contributed by atoms with van der Waals surface area (Å²) < 4.78 is 7.42. The van der Waals surface area contributed by atoms with Gasteiger partial charge in [0.1, 0.15) is 5.75 Å². The second-order valence-electron chi connectivity index (χ2n) is 4.78. The van der Waals surface area contributed by atoms with E-state index in [-0.39, 0.29) is 6.04 Å². The van der Waals surface area contributed by atoms with E-state index < -0.39 is 0 Å². The largest absolute Gasteiger partial charge is 0.494 e. The molecule has 2 rings (SSSR count). The van der Waals surface area contributed by atoms with Crippen molar-refractivity contribution in [1.29, 1.82) is 0 Å². The van der Waals surface area contributed by atoms with E-state index in [0.29, 0.717) is 13.2 Å². The quantitative estimate of drug-likeness (QED) is 0.842. The molecule has 5 nitrogen and oxygen atoms in total. The molecule has 5 heteroatoms. The topological polar surface area (TPSA) is 66.0 Å². The van der Waals surface area contributed by atoms with Crippen LogP contribution in [0.25, 0.3) is 0 Å². The molecule has 2 N–H and O–H groups in total. The summed E-state index contributed by atoms with van der Waals surface area (Å²) in [6, 6.07) is 7.95. The molecule has 0 radical (unpaired) electrons. The highest BCUT2D eigenvalue weighted by atomic mass is 16.5. The first-order valence-corrected chi connectivity index (χ1v) is 7.10. The maximum absolute atomic E-state index is 6.05. The van der Waals surface area contributed by atoms with Crippen LogP contribution in [-0.4, -0.2) is 21.6 Å². The van der Waals surface area contributed by atoms with Crippen LogP contribution in [-0.2, 0) is 6.54 Å². The summed E-state index contributed by atoms with van der Waals surface area (Å²) in [5.41, 5.74) is 7.99. The van der Waals surface area contributed by atoms with Crippen molar-refractivity contribution in [3.8, 4) is 5.75 Å². The predicted molar refractivity (Wildman–Crippen MR) is 78.6 cm³/mol. The number of aromatic nitrogens is 3. The number of nitrogens with zero attached hydrogens (tertiary/aromatic N) is 3. The molecular weight excluding hydrogens is 252 g/mol. The molecule has 1 unspecified atom stereocenters. The van der Waals surface area contributed by atoms with Crippen LogP contribution < -0.4 is 10.5 Å². The molecule has 108 valence electrons. The van der Waals surface area contributed by atoms with Gasteiger partial charge in [-0.05, 0) is 19.4 Å². The lowest BCUT2D eigenvalue weighted by molar-refractivity contribution is 0.335. The summed E-state index contributed by atoms with van der Waals surface area (Å²) in [5, 5.41) is 8.30. The Kier molecular flexibility index (Phi) is 5.12. The van der Waals surface area contributed by atoms with Crippen molar-refractivity contribution < 1.29 is 4.74 Å². The normalized spacial score (nSPS) is 12.3. The fraction of sp³-hybridized carbons (Fsp3) is 0.467. The lowest BCUT2D eigenvalue weighted by atomic mass is 10.1. The van der Waals surface area contributed by atoms with Gasteiger partial charge < -0.3 is 10.5 Å². The zero-order chi connectivity index (χ0) is 14.4. The van der Waals surface area contributed by atoms with E-state index in [0.717, 1.165) is 29.8 Å². The van der Waals surface area contributed by atoms with Crippen molar-refractivity contribution in [3.63, 3.8) is 0 Å². The summed E-state index contributed by atoms with van der Waals surface area (Å²) in [6.07, 6.45) is 3.89. The molecule has 1 heterocycles. The minimum Gasteiger partial charge on any atom is -0.494 e. The predicted octanol–water partition coefficient (Wildman–Crippen LogP) is 2.53. The molecule has 1 aromatic heterocycles. The van der Waals surface area contributed by atoms with Crippen LogP contribution in [0.2, 0.25) is 0 Å². The molecular formula is C15H22N4O. The fourth-order valence-electron chi connectivity index (χ4n) is 2.12. The third-order valence-corrected chi connectivity index (χ3v) is 3.14. The van der Waals surface area contributed by atoms with Crippen molar-refractivity contribution in [2.75, 3.05) is 6.61 Å². The average molecular weight is 274 g/mol. The van der Waals surface area contributed by atoms with E-state index >= 15 is 0 Å². The monoisotopic (exact) mass is 274 g/mol. The molecule has 0 aliphatic heterocycles. The van der Waals surface area contributed by atoms with E-state index in [1.54, 1.807) is 0 Å². The molecule has 0 saturated heterocycles. The Morgan fingerprint density at radius 1 is 1.30 bits per heavy atom. The Hall–Kier alpha value is -1.88. The van der Waals surface area contributed by atoms with Crippen molar-refractivity contribution in [3.05, 3.63) is 41.7 Å². The minimum atomic E-state index is -0.0316. The van der Waals surface area contributed by atoms with Crippen molar-refractivity contribution in [2.24, 2.45) is 5.73 Å². The lowest BCUT2D eigenvalue weighted by Crippen LogP contribution is -2.10. The summed E-state index contributed by atoms with van der Waals surface area (Å²) in [4.78, 5) is 0. The van der Waals surface area contributed by atoms with Crippen LogP contribution in [0, 0.1) is 0 Å². The third kappa shape index (κ3) is 3.57. The fourth-order valence-corrected chi connectivity index (χ4v) is 2.12. The van der Waals surface area contributed by atoms with Gasteiger partial charge in [0.15, 0.2) is 0 Å². The summed E-state index contributed by atoms with van der Waals surface area (Å²) >= 11 is 0. The summed E-state index contributed by atoms with van der Waals surface area (Å²) in [6.45, 7) is 5.39. The molecule has 0 saturated carbocycles. The first-order valence-electron chi connectivity index (χ1n) is 7.10. The molecule has 20 heavy (non-hydrogen) atoms. The van der Waals surface area contributed by atoms with Gasteiger partial charge in [-0.2, -0.15) is 0 Å². The van der Waals surface area contributed by atoms with Crippen molar-refractivity contribution in [1.82, 2.24) is 15.0 Å². The number of hydrogen-bond acceptors (Lipinski definition) is 4. The summed E-state index contributed by atoms with van der Waals surface area (Å²) in [7, 11) is 0. The lowest BCUT2D eigenvalue weighted by Gasteiger charge is -2.09. The Morgan fingerprint density at radius 2 is 2.10 bits per heavy atom. The van der Waals surface area contributed by atoms with Gasteiger partial charge in [-0.1, -0.05) is 36.8 Å². The van der Waals surface area contributed by atoms with Gasteiger partial charge >= 0.3 is 0 Å². The van der Waals surface area contributed by atoms with E-state index in [1.807, 2.05) is 42.1 Å². The standard InChI is InChI=1S/C15H22N4O/c1-3-7-13(16)14-11-19(18-17-14)10-12-8-5-6-9-15(12)20-4-2/h5-6,8-9,11,13H,3-4,7,10,16H2,1-2H3. The maximum Gasteiger partial charge on any atom is 0.124 e. The number of para-hydroxylation sites is 1. The van der Waals surface area contributed by atoms with Gasteiger partial charge in [-0.3, -0.25) is 0 Å². The van der Waals surface area contributed by atoms with Crippen molar-refractivity contribution >= 4 is 0 Å². The minimum absolute atomic E-state index is 0.0316. The highest BCUT2D eigenvalue weighted by molar-refractivity contribution is 5.33. The smallest absolute Gasteiger partial charge is 0.124 e. The zero-order valence-corrected chi connectivity index (χ0v) is 12.1. The molecule has 1 atom stereocenters. The molecule has 0 fully saturated rings. The highest BCUT2D eigenvalue weighted by Gasteiger charge is 2.11. The Bertz CT molecular complexity index is 538. The first kappa shape index (κ1) is 14.5. The van der Waals surface area contributed by atoms with E-state index in [2.05, 4.69) is 17.2 Å². The van der Waals surface area contributed by atoms with E-state index in [9.17, 15) is 0 Å². The molecule has 1 aromatic carbocycles. The Balaban J connectivity index is 2.10. The van der Waals surface area contributed by atoms with Crippen molar-refractivity contribution in [2.45, 2.75) is 39.3 Å². The van der Waals surface area contributed by atoms with Crippen LogP contribution in [0.5, 0.6) is 5.75 Å². The molecule has 0 bridgehead atoms. The van der Waals surface area contributed by atoms with Gasteiger partial charge in [-0.15, -0.1) is 5.10 Å². The summed E-state index contributed by atoms with van der Waals surface area (Å²) in [5.74, 6) is 0.893. The molecule has 0 spiro atoms. The maximum atomic E-state index is 6.05. The second kappa shape index (κ2) is 7.05. The number of rotatable bonds is 7. The van der Waals surface area contributed by atoms with E-state index in [4.69, 9.17) is 10.5 Å².